The Hall–Kier alpha value is -1.10. The molecular weight excluding hydrogens is 208 g/mol. The summed E-state index contributed by atoms with van der Waals surface area (Å²) in [6.07, 6.45) is 0.733. The highest BCUT2D eigenvalue weighted by atomic mass is 16.4. The Morgan fingerprint density at radius 3 is 2.75 bits per heavy atom. The molecule has 92 valence electrons. The van der Waals surface area contributed by atoms with E-state index in [2.05, 4.69) is 5.32 Å². The molecule has 0 aromatic carbocycles. The fourth-order valence-electron chi connectivity index (χ4n) is 2.05. The van der Waals surface area contributed by atoms with Crippen molar-refractivity contribution in [1.82, 2.24) is 10.2 Å². The van der Waals surface area contributed by atoms with Gasteiger partial charge in [0.15, 0.2) is 0 Å². The minimum absolute atomic E-state index is 0.118. The fraction of sp³-hybridized carbons (Fsp3) is 0.818. The number of aliphatic carboxylic acids is 1. The van der Waals surface area contributed by atoms with Crippen LogP contribution in [0.25, 0.3) is 0 Å². The van der Waals surface area contributed by atoms with Crippen molar-refractivity contribution in [2.45, 2.75) is 51.7 Å². The van der Waals surface area contributed by atoms with Gasteiger partial charge in [-0.1, -0.05) is 0 Å². The van der Waals surface area contributed by atoms with E-state index in [1.54, 1.807) is 0 Å². The first-order valence-electron chi connectivity index (χ1n) is 5.69. The summed E-state index contributed by atoms with van der Waals surface area (Å²) < 4.78 is 0. The summed E-state index contributed by atoms with van der Waals surface area (Å²) in [5.74, 6) is -1.10. The molecule has 5 heteroatoms. The van der Waals surface area contributed by atoms with Crippen molar-refractivity contribution in [1.29, 1.82) is 0 Å². The maximum Gasteiger partial charge on any atom is 0.305 e. The molecule has 2 N–H and O–H groups in total. The number of rotatable bonds is 3. The summed E-state index contributed by atoms with van der Waals surface area (Å²) in [6, 6.07) is -0.240. The highest BCUT2D eigenvalue weighted by Crippen LogP contribution is 2.15. The highest BCUT2D eigenvalue weighted by Gasteiger charge is 2.33. The number of carbonyl (C=O) groups is 2. The van der Waals surface area contributed by atoms with Crippen LogP contribution in [0.3, 0.4) is 0 Å². The van der Waals surface area contributed by atoms with Crippen molar-refractivity contribution in [3.63, 3.8) is 0 Å². The summed E-state index contributed by atoms with van der Waals surface area (Å²) in [7, 11) is 0. The smallest absolute Gasteiger partial charge is 0.305 e. The minimum Gasteiger partial charge on any atom is -0.481 e. The van der Waals surface area contributed by atoms with Crippen molar-refractivity contribution in [2.24, 2.45) is 0 Å². The first-order valence-corrected chi connectivity index (χ1v) is 5.69. The maximum atomic E-state index is 11.9. The number of nitrogens with zero attached hydrogens (tertiary/aromatic N) is 1. The molecule has 0 radical (unpaired) electrons. The number of carboxylic acids is 1. The van der Waals surface area contributed by atoms with E-state index in [0.29, 0.717) is 0 Å². The molecule has 0 aromatic rings. The lowest BCUT2D eigenvalue weighted by atomic mass is 10.1. The molecule has 2 unspecified atom stereocenters. The lowest BCUT2D eigenvalue weighted by Gasteiger charge is -2.30. The van der Waals surface area contributed by atoms with E-state index in [4.69, 9.17) is 5.11 Å². The van der Waals surface area contributed by atoms with Gasteiger partial charge in [0.1, 0.15) is 0 Å². The van der Waals surface area contributed by atoms with Crippen LogP contribution in [-0.4, -0.2) is 46.6 Å². The van der Waals surface area contributed by atoms with Crippen LogP contribution < -0.4 is 5.32 Å². The average Bonchev–Trinajstić information content (AvgIpc) is 2.26. The SMILES string of the molecule is CC1CCN(C(C)C)C(CC(=O)O)C(=O)N1. The molecule has 1 heterocycles. The molecule has 1 amide bonds. The molecule has 0 aliphatic carbocycles. The van der Waals surface area contributed by atoms with Gasteiger partial charge in [0.2, 0.25) is 5.91 Å². The van der Waals surface area contributed by atoms with E-state index in [1.165, 1.54) is 0 Å². The maximum absolute atomic E-state index is 11.9. The van der Waals surface area contributed by atoms with E-state index < -0.39 is 12.0 Å². The third kappa shape index (κ3) is 3.20. The Kier molecular flexibility index (Phi) is 4.29. The number of hydrogen-bond donors (Lipinski definition) is 2. The number of amides is 1. The molecule has 0 spiro atoms. The molecule has 1 aliphatic heterocycles. The summed E-state index contributed by atoms with van der Waals surface area (Å²) in [5, 5.41) is 11.7. The normalized spacial score (nSPS) is 27.6. The summed E-state index contributed by atoms with van der Waals surface area (Å²) in [4.78, 5) is 24.6. The average molecular weight is 228 g/mol. The number of carboxylic acid groups (broad SMARTS) is 1. The van der Waals surface area contributed by atoms with Gasteiger partial charge in [-0.2, -0.15) is 0 Å². The van der Waals surface area contributed by atoms with E-state index in [-0.39, 0.29) is 24.4 Å². The molecule has 1 saturated heterocycles. The van der Waals surface area contributed by atoms with Crippen molar-refractivity contribution < 1.29 is 14.7 Å². The Morgan fingerprint density at radius 1 is 1.62 bits per heavy atom. The molecule has 16 heavy (non-hydrogen) atoms. The monoisotopic (exact) mass is 228 g/mol. The lowest BCUT2D eigenvalue weighted by molar-refractivity contribution is -0.142. The van der Waals surface area contributed by atoms with E-state index >= 15 is 0 Å². The first kappa shape index (κ1) is 13.0. The van der Waals surface area contributed by atoms with Gasteiger partial charge in [0, 0.05) is 18.6 Å². The van der Waals surface area contributed by atoms with Crippen LogP contribution in [0.15, 0.2) is 0 Å². The highest BCUT2D eigenvalue weighted by molar-refractivity contribution is 5.86. The van der Waals surface area contributed by atoms with E-state index in [1.807, 2.05) is 25.7 Å². The zero-order valence-corrected chi connectivity index (χ0v) is 10.1. The molecule has 0 bridgehead atoms. The van der Waals surface area contributed by atoms with Gasteiger partial charge in [0.05, 0.1) is 12.5 Å². The molecule has 1 aliphatic rings. The Balaban J connectivity index is 2.84. The minimum atomic E-state index is -0.930. The Morgan fingerprint density at radius 2 is 2.25 bits per heavy atom. The van der Waals surface area contributed by atoms with Gasteiger partial charge in [-0.05, 0) is 27.2 Å². The van der Waals surface area contributed by atoms with E-state index in [9.17, 15) is 9.59 Å². The Labute approximate surface area is 95.8 Å². The molecule has 1 rings (SSSR count). The van der Waals surface area contributed by atoms with Crippen LogP contribution in [0.2, 0.25) is 0 Å². The van der Waals surface area contributed by atoms with Crippen LogP contribution in [-0.2, 0) is 9.59 Å². The van der Waals surface area contributed by atoms with Gasteiger partial charge in [0.25, 0.3) is 0 Å². The summed E-state index contributed by atoms with van der Waals surface area (Å²) in [6.45, 7) is 6.67. The van der Waals surface area contributed by atoms with Crippen molar-refractivity contribution in [3.05, 3.63) is 0 Å². The van der Waals surface area contributed by atoms with Gasteiger partial charge < -0.3 is 10.4 Å². The Bertz CT molecular complexity index is 278. The second-order valence-corrected chi connectivity index (χ2v) is 4.64. The summed E-state index contributed by atoms with van der Waals surface area (Å²) >= 11 is 0. The quantitative estimate of drug-likeness (QED) is 0.735. The largest absolute Gasteiger partial charge is 0.481 e. The predicted molar refractivity (Wildman–Crippen MR) is 60.1 cm³/mol. The molecule has 2 atom stereocenters. The first-order chi connectivity index (χ1) is 7.41. The number of carbonyl (C=O) groups excluding carboxylic acids is 1. The lowest BCUT2D eigenvalue weighted by Crippen LogP contribution is -2.48. The van der Waals surface area contributed by atoms with Gasteiger partial charge in [-0.3, -0.25) is 14.5 Å². The second-order valence-electron chi connectivity index (χ2n) is 4.64. The zero-order valence-electron chi connectivity index (χ0n) is 10.1. The molecule has 0 saturated carbocycles. The standard InChI is InChI=1S/C11H20N2O3/c1-7(2)13-5-4-8(3)12-11(16)9(13)6-10(14)15/h7-9H,4-6H2,1-3H3,(H,12,16)(H,14,15). The van der Waals surface area contributed by atoms with Crippen molar-refractivity contribution in [3.8, 4) is 0 Å². The van der Waals surface area contributed by atoms with Crippen LogP contribution in [0.1, 0.15) is 33.6 Å². The van der Waals surface area contributed by atoms with Crippen molar-refractivity contribution >= 4 is 11.9 Å². The third-order valence-electron chi connectivity index (χ3n) is 2.94. The van der Waals surface area contributed by atoms with Gasteiger partial charge in [-0.15, -0.1) is 0 Å². The molecular formula is C11H20N2O3. The van der Waals surface area contributed by atoms with Crippen molar-refractivity contribution in [2.75, 3.05) is 6.54 Å². The molecule has 0 aromatic heterocycles. The van der Waals surface area contributed by atoms with Gasteiger partial charge in [-0.25, -0.2) is 0 Å². The van der Waals surface area contributed by atoms with E-state index in [0.717, 1.165) is 13.0 Å². The van der Waals surface area contributed by atoms with Crippen LogP contribution in [0, 0.1) is 0 Å². The number of nitrogens with one attached hydrogen (secondary N) is 1. The fourth-order valence-corrected chi connectivity index (χ4v) is 2.05. The third-order valence-corrected chi connectivity index (χ3v) is 2.94. The topological polar surface area (TPSA) is 69.6 Å². The van der Waals surface area contributed by atoms with Gasteiger partial charge >= 0.3 is 5.97 Å². The second kappa shape index (κ2) is 5.30. The zero-order chi connectivity index (χ0) is 12.3. The molecule has 1 fully saturated rings. The molecule has 5 nitrogen and oxygen atoms in total. The van der Waals surface area contributed by atoms with Crippen LogP contribution in [0.5, 0.6) is 0 Å². The summed E-state index contributed by atoms with van der Waals surface area (Å²) in [5.41, 5.74) is 0. The number of hydrogen-bond acceptors (Lipinski definition) is 3. The van der Waals surface area contributed by atoms with Crippen LogP contribution >= 0.6 is 0 Å². The van der Waals surface area contributed by atoms with Crippen LogP contribution in [0.4, 0.5) is 0 Å². The predicted octanol–water partition coefficient (Wildman–Crippen LogP) is 0.449.